The molecular formula is C24H19F3N4O4. The Hall–Kier alpha value is -4.41. The van der Waals surface area contributed by atoms with Crippen LogP contribution in [0.2, 0.25) is 0 Å². The fraction of sp³-hybridized carbons (Fsp3) is 0.167. The number of carbonyl (C=O) groups excluding carboxylic acids is 1. The van der Waals surface area contributed by atoms with E-state index in [-0.39, 0.29) is 24.5 Å². The van der Waals surface area contributed by atoms with Crippen molar-refractivity contribution in [3.63, 3.8) is 0 Å². The van der Waals surface area contributed by atoms with Crippen molar-refractivity contribution in [1.29, 1.82) is 0 Å². The number of rotatable bonds is 7. The van der Waals surface area contributed by atoms with E-state index in [1.165, 1.54) is 19.2 Å². The van der Waals surface area contributed by atoms with Crippen LogP contribution in [0.5, 0.6) is 5.75 Å². The molecule has 0 aliphatic carbocycles. The van der Waals surface area contributed by atoms with E-state index in [9.17, 15) is 18.0 Å². The van der Waals surface area contributed by atoms with Crippen molar-refractivity contribution < 1.29 is 32.0 Å². The standard InChI is InChI=1S/C24H19F3N4O4/c1-33-20-11-17(21-30-22(35-31-21)24(25,26)27)8-9-18(20)13-29-23(32)34-14-15-7-10-19(28-12-15)16-5-3-2-4-6-16/h2-12H,13-14H2,1H3,(H,29,32). The Morgan fingerprint density at radius 1 is 1.06 bits per heavy atom. The summed E-state index contributed by atoms with van der Waals surface area (Å²) in [6, 6.07) is 17.9. The van der Waals surface area contributed by atoms with Gasteiger partial charge in [-0.3, -0.25) is 4.98 Å². The third kappa shape index (κ3) is 5.94. The summed E-state index contributed by atoms with van der Waals surface area (Å²) < 4.78 is 52.8. The van der Waals surface area contributed by atoms with Crippen molar-refractivity contribution in [2.45, 2.75) is 19.3 Å². The highest BCUT2D eigenvalue weighted by Crippen LogP contribution is 2.31. The number of halogens is 3. The zero-order valence-electron chi connectivity index (χ0n) is 18.4. The molecular weight excluding hydrogens is 465 g/mol. The molecule has 2 aromatic heterocycles. The number of nitrogens with one attached hydrogen (secondary N) is 1. The van der Waals surface area contributed by atoms with Gasteiger partial charge in [-0.05, 0) is 12.1 Å². The SMILES string of the molecule is COc1cc(-c2noc(C(F)(F)F)n2)ccc1CNC(=O)OCc1ccc(-c2ccccc2)nc1. The second-order valence-corrected chi connectivity index (χ2v) is 7.29. The number of hydrogen-bond acceptors (Lipinski definition) is 7. The number of methoxy groups -OCH3 is 1. The van der Waals surface area contributed by atoms with E-state index in [1.54, 1.807) is 12.3 Å². The number of alkyl halides is 3. The average molecular weight is 484 g/mol. The van der Waals surface area contributed by atoms with Gasteiger partial charge in [0.25, 0.3) is 0 Å². The van der Waals surface area contributed by atoms with Crippen LogP contribution in [-0.2, 0) is 24.1 Å². The topological polar surface area (TPSA) is 99.4 Å². The Bertz CT molecular complexity index is 1290. The van der Waals surface area contributed by atoms with Gasteiger partial charge in [-0.15, -0.1) is 0 Å². The second-order valence-electron chi connectivity index (χ2n) is 7.29. The molecule has 4 rings (SSSR count). The lowest BCUT2D eigenvalue weighted by Crippen LogP contribution is -2.23. The zero-order chi connectivity index (χ0) is 24.8. The number of ether oxygens (including phenoxy) is 2. The van der Waals surface area contributed by atoms with Crippen LogP contribution >= 0.6 is 0 Å². The van der Waals surface area contributed by atoms with Crippen LogP contribution in [0.1, 0.15) is 17.0 Å². The zero-order valence-corrected chi connectivity index (χ0v) is 18.4. The van der Waals surface area contributed by atoms with Crippen molar-refractivity contribution in [2.75, 3.05) is 7.11 Å². The van der Waals surface area contributed by atoms with Crippen LogP contribution in [-0.4, -0.2) is 28.3 Å². The molecule has 0 aliphatic heterocycles. The number of pyridine rings is 1. The van der Waals surface area contributed by atoms with Gasteiger partial charge in [-0.25, -0.2) is 4.79 Å². The van der Waals surface area contributed by atoms with E-state index in [0.29, 0.717) is 11.3 Å². The Kier molecular flexibility index (Phi) is 6.95. The van der Waals surface area contributed by atoms with E-state index in [0.717, 1.165) is 16.8 Å². The summed E-state index contributed by atoms with van der Waals surface area (Å²) in [5.74, 6) is -1.35. The van der Waals surface area contributed by atoms with Crippen LogP contribution in [0.3, 0.4) is 0 Å². The summed E-state index contributed by atoms with van der Waals surface area (Å²) in [7, 11) is 1.39. The molecule has 4 aromatic rings. The fourth-order valence-electron chi connectivity index (χ4n) is 3.14. The Balaban J connectivity index is 1.32. The molecule has 2 aromatic carbocycles. The summed E-state index contributed by atoms with van der Waals surface area (Å²) in [5, 5.41) is 5.96. The van der Waals surface area contributed by atoms with E-state index in [2.05, 4.69) is 25.0 Å². The molecule has 0 fully saturated rings. The molecule has 11 heteroatoms. The molecule has 8 nitrogen and oxygen atoms in total. The predicted molar refractivity (Wildman–Crippen MR) is 118 cm³/mol. The number of alkyl carbamates (subject to hydrolysis) is 1. The molecule has 2 heterocycles. The summed E-state index contributed by atoms with van der Waals surface area (Å²) >= 11 is 0. The Morgan fingerprint density at radius 2 is 1.86 bits per heavy atom. The summed E-state index contributed by atoms with van der Waals surface area (Å²) in [6.45, 7) is 0.0941. The second kappa shape index (κ2) is 10.2. The molecule has 180 valence electrons. The highest BCUT2D eigenvalue weighted by Gasteiger charge is 2.38. The number of amides is 1. The first-order valence-corrected chi connectivity index (χ1v) is 10.3. The van der Waals surface area contributed by atoms with Crippen LogP contribution in [0.25, 0.3) is 22.6 Å². The molecule has 0 spiro atoms. The maximum Gasteiger partial charge on any atom is 0.471 e. The molecule has 0 radical (unpaired) electrons. The predicted octanol–water partition coefficient (Wildman–Crippen LogP) is 5.25. The van der Waals surface area contributed by atoms with Gasteiger partial charge in [0.2, 0.25) is 5.82 Å². The highest BCUT2D eigenvalue weighted by molar-refractivity contribution is 5.68. The number of aromatic nitrogens is 3. The largest absolute Gasteiger partial charge is 0.496 e. The Morgan fingerprint density at radius 3 is 2.51 bits per heavy atom. The van der Waals surface area contributed by atoms with Crippen molar-refractivity contribution >= 4 is 6.09 Å². The first kappa shape index (κ1) is 23.7. The number of nitrogens with zero attached hydrogens (tertiary/aromatic N) is 3. The van der Waals surface area contributed by atoms with Crippen LogP contribution in [0, 0.1) is 0 Å². The Labute approximate surface area is 197 Å². The van der Waals surface area contributed by atoms with Gasteiger partial charge in [-0.1, -0.05) is 53.7 Å². The molecule has 0 saturated carbocycles. The smallest absolute Gasteiger partial charge is 0.471 e. The number of carbonyl (C=O) groups is 1. The summed E-state index contributed by atoms with van der Waals surface area (Å²) in [4.78, 5) is 19.9. The maximum absolute atomic E-state index is 12.7. The van der Waals surface area contributed by atoms with Crippen LogP contribution in [0.15, 0.2) is 71.4 Å². The number of benzene rings is 2. The van der Waals surface area contributed by atoms with Gasteiger partial charge in [-0.2, -0.15) is 18.2 Å². The average Bonchev–Trinajstić information content (AvgIpc) is 3.38. The van der Waals surface area contributed by atoms with Crippen LogP contribution < -0.4 is 10.1 Å². The molecule has 0 unspecified atom stereocenters. The molecule has 35 heavy (non-hydrogen) atoms. The van der Waals surface area contributed by atoms with E-state index in [1.807, 2.05) is 42.5 Å². The van der Waals surface area contributed by atoms with Crippen molar-refractivity contribution in [1.82, 2.24) is 20.4 Å². The minimum Gasteiger partial charge on any atom is -0.496 e. The highest BCUT2D eigenvalue weighted by atomic mass is 19.4. The monoisotopic (exact) mass is 484 g/mol. The van der Waals surface area contributed by atoms with Gasteiger partial charge in [0.15, 0.2) is 0 Å². The lowest BCUT2D eigenvalue weighted by atomic mass is 10.1. The molecule has 0 saturated heterocycles. The first-order valence-electron chi connectivity index (χ1n) is 10.3. The van der Waals surface area contributed by atoms with Gasteiger partial charge in [0.1, 0.15) is 12.4 Å². The maximum atomic E-state index is 12.7. The molecule has 0 atom stereocenters. The van der Waals surface area contributed by atoms with Gasteiger partial charge in [0.05, 0.1) is 12.8 Å². The minimum absolute atomic E-state index is 0.0311. The van der Waals surface area contributed by atoms with Crippen LogP contribution in [0.4, 0.5) is 18.0 Å². The van der Waals surface area contributed by atoms with E-state index >= 15 is 0 Å². The van der Waals surface area contributed by atoms with Gasteiger partial charge in [0, 0.05) is 35.0 Å². The molecule has 0 bridgehead atoms. The lowest BCUT2D eigenvalue weighted by Gasteiger charge is -2.11. The van der Waals surface area contributed by atoms with Crippen molar-refractivity contribution in [3.05, 3.63) is 83.9 Å². The van der Waals surface area contributed by atoms with E-state index in [4.69, 9.17) is 9.47 Å². The van der Waals surface area contributed by atoms with Gasteiger partial charge < -0.3 is 19.3 Å². The molecule has 1 N–H and O–H groups in total. The summed E-state index contributed by atoms with van der Waals surface area (Å²) in [6.07, 6.45) is -3.75. The normalized spacial score (nSPS) is 11.2. The quantitative estimate of drug-likeness (QED) is 0.382. The molecule has 0 aliphatic rings. The first-order chi connectivity index (χ1) is 16.8. The van der Waals surface area contributed by atoms with E-state index < -0.39 is 18.2 Å². The summed E-state index contributed by atoms with van der Waals surface area (Å²) in [5.41, 5.74) is 3.35. The van der Waals surface area contributed by atoms with Crippen molar-refractivity contribution in [3.8, 4) is 28.4 Å². The fourth-order valence-corrected chi connectivity index (χ4v) is 3.14. The molecule has 1 amide bonds. The van der Waals surface area contributed by atoms with Crippen molar-refractivity contribution in [2.24, 2.45) is 0 Å². The number of hydrogen-bond donors (Lipinski definition) is 1. The minimum atomic E-state index is -4.74. The third-order valence-corrected chi connectivity index (χ3v) is 4.90. The third-order valence-electron chi connectivity index (χ3n) is 4.90. The lowest BCUT2D eigenvalue weighted by molar-refractivity contribution is -0.159. The van der Waals surface area contributed by atoms with Gasteiger partial charge >= 0.3 is 18.2 Å².